The van der Waals surface area contributed by atoms with Crippen molar-refractivity contribution in [2.24, 2.45) is 0 Å². The molecule has 2 aromatic rings. The first-order chi connectivity index (χ1) is 8.24. The van der Waals surface area contributed by atoms with E-state index < -0.39 is 0 Å². The van der Waals surface area contributed by atoms with Crippen molar-refractivity contribution in [3.63, 3.8) is 0 Å². The smallest absolute Gasteiger partial charge is 0.0721 e. The minimum Gasteiger partial charge on any atom is -0.372 e. The number of halogens is 2. The molecule has 0 aromatic heterocycles. The fourth-order valence-corrected chi connectivity index (χ4v) is 1.70. The van der Waals surface area contributed by atoms with E-state index in [2.05, 4.69) is 0 Å². The van der Waals surface area contributed by atoms with Gasteiger partial charge in [-0.05, 0) is 35.4 Å². The molecule has 0 aliphatic rings. The van der Waals surface area contributed by atoms with E-state index in [1.165, 1.54) is 0 Å². The van der Waals surface area contributed by atoms with E-state index in [4.69, 9.17) is 27.9 Å². The van der Waals surface area contributed by atoms with Gasteiger partial charge in [0.15, 0.2) is 0 Å². The summed E-state index contributed by atoms with van der Waals surface area (Å²) in [7, 11) is 0. The van der Waals surface area contributed by atoms with Gasteiger partial charge in [0.2, 0.25) is 0 Å². The van der Waals surface area contributed by atoms with Gasteiger partial charge in [0.25, 0.3) is 0 Å². The summed E-state index contributed by atoms with van der Waals surface area (Å²) in [6, 6.07) is 15.3. The monoisotopic (exact) mass is 289 g/mol. The number of ether oxygens (including phenoxy) is 1. The molecule has 2 rings (SSSR count). The van der Waals surface area contributed by atoms with Gasteiger partial charge in [-0.2, -0.15) is 0 Å². The Hall–Kier alpha value is -0.0200. The van der Waals surface area contributed by atoms with Gasteiger partial charge in [-0.15, -0.1) is 0 Å². The summed E-state index contributed by atoms with van der Waals surface area (Å²) >= 11 is 11.6. The topological polar surface area (TPSA) is 9.23 Å². The summed E-state index contributed by atoms with van der Waals surface area (Å²) in [5.41, 5.74) is 2.23. The molecule has 0 atom stereocenters. The molecule has 0 spiro atoms. The molecule has 89 valence electrons. The van der Waals surface area contributed by atoms with Crippen molar-refractivity contribution >= 4 is 52.8 Å². The van der Waals surface area contributed by atoms with Crippen LogP contribution in [0.5, 0.6) is 0 Å². The first kappa shape index (κ1) is 16.0. The van der Waals surface area contributed by atoms with Crippen LogP contribution in [-0.4, -0.2) is 29.6 Å². The average Bonchev–Trinajstić information content (AvgIpc) is 2.34. The van der Waals surface area contributed by atoms with E-state index in [0.717, 1.165) is 21.2 Å². The SMILES string of the molecule is Clc1ccc(COCc2ccc(Cl)cc2)cc1.[Na]. The van der Waals surface area contributed by atoms with Gasteiger partial charge >= 0.3 is 0 Å². The van der Waals surface area contributed by atoms with Crippen LogP contribution >= 0.6 is 23.2 Å². The summed E-state index contributed by atoms with van der Waals surface area (Å²) in [6.07, 6.45) is 0. The molecule has 0 heterocycles. The van der Waals surface area contributed by atoms with Crippen molar-refractivity contribution in [3.8, 4) is 0 Å². The second kappa shape index (κ2) is 8.21. The molecule has 1 radical (unpaired) electrons. The Labute approximate surface area is 139 Å². The molecular formula is C14H12Cl2NaO. The van der Waals surface area contributed by atoms with Crippen molar-refractivity contribution in [3.05, 3.63) is 69.7 Å². The van der Waals surface area contributed by atoms with Gasteiger partial charge in [0.1, 0.15) is 0 Å². The van der Waals surface area contributed by atoms with Crippen LogP contribution in [0.4, 0.5) is 0 Å². The van der Waals surface area contributed by atoms with Crippen molar-refractivity contribution in [1.82, 2.24) is 0 Å². The Balaban J connectivity index is 0.00000162. The van der Waals surface area contributed by atoms with Crippen LogP contribution in [0.3, 0.4) is 0 Å². The number of benzene rings is 2. The fourth-order valence-electron chi connectivity index (χ4n) is 1.45. The Morgan fingerprint density at radius 2 is 1.00 bits per heavy atom. The number of hydrogen-bond donors (Lipinski definition) is 0. The predicted octanol–water partition coefficient (Wildman–Crippen LogP) is 4.33. The molecular weight excluding hydrogens is 278 g/mol. The van der Waals surface area contributed by atoms with Crippen LogP contribution in [0.1, 0.15) is 11.1 Å². The summed E-state index contributed by atoms with van der Waals surface area (Å²) in [5, 5.41) is 1.48. The van der Waals surface area contributed by atoms with Gasteiger partial charge in [0, 0.05) is 39.6 Å². The summed E-state index contributed by atoms with van der Waals surface area (Å²) < 4.78 is 5.60. The van der Waals surface area contributed by atoms with E-state index in [1.807, 2.05) is 48.5 Å². The van der Waals surface area contributed by atoms with Crippen LogP contribution in [0.2, 0.25) is 10.0 Å². The molecule has 0 saturated carbocycles. The van der Waals surface area contributed by atoms with Crippen LogP contribution in [0.15, 0.2) is 48.5 Å². The number of hydrogen-bond acceptors (Lipinski definition) is 1. The molecule has 4 heteroatoms. The number of rotatable bonds is 4. The molecule has 0 aliphatic carbocycles. The molecule has 18 heavy (non-hydrogen) atoms. The molecule has 0 fully saturated rings. The van der Waals surface area contributed by atoms with Gasteiger partial charge < -0.3 is 4.74 Å². The Kier molecular flexibility index (Phi) is 7.31. The third kappa shape index (κ3) is 5.31. The normalized spacial score (nSPS) is 9.89. The zero-order valence-corrected chi connectivity index (χ0v) is 13.7. The molecule has 0 saturated heterocycles. The third-order valence-corrected chi connectivity index (χ3v) is 2.87. The van der Waals surface area contributed by atoms with Crippen molar-refractivity contribution in [2.45, 2.75) is 13.2 Å². The largest absolute Gasteiger partial charge is 0.372 e. The summed E-state index contributed by atoms with van der Waals surface area (Å²) in [6.45, 7) is 1.17. The van der Waals surface area contributed by atoms with Gasteiger partial charge in [-0.25, -0.2) is 0 Å². The minimum atomic E-state index is 0. The van der Waals surface area contributed by atoms with Crippen LogP contribution in [-0.2, 0) is 18.0 Å². The molecule has 0 amide bonds. The first-order valence-corrected chi connectivity index (χ1v) is 6.06. The third-order valence-electron chi connectivity index (χ3n) is 2.36. The first-order valence-electron chi connectivity index (χ1n) is 5.31. The second-order valence-corrected chi connectivity index (χ2v) is 4.62. The molecule has 2 aromatic carbocycles. The van der Waals surface area contributed by atoms with Gasteiger partial charge in [0.05, 0.1) is 13.2 Å². The summed E-state index contributed by atoms with van der Waals surface area (Å²) in [5.74, 6) is 0. The van der Waals surface area contributed by atoms with Crippen LogP contribution in [0, 0.1) is 0 Å². The molecule has 0 N–H and O–H groups in total. The average molecular weight is 290 g/mol. The quantitative estimate of drug-likeness (QED) is 0.762. The maximum atomic E-state index is 5.80. The zero-order chi connectivity index (χ0) is 12.1. The van der Waals surface area contributed by atoms with Gasteiger partial charge in [-0.3, -0.25) is 0 Å². The van der Waals surface area contributed by atoms with Gasteiger partial charge in [-0.1, -0.05) is 47.5 Å². The maximum Gasteiger partial charge on any atom is 0.0721 e. The maximum absolute atomic E-state index is 5.80. The zero-order valence-electron chi connectivity index (χ0n) is 10.2. The fraction of sp³-hybridized carbons (Fsp3) is 0.143. The van der Waals surface area contributed by atoms with Crippen molar-refractivity contribution < 1.29 is 4.74 Å². The van der Waals surface area contributed by atoms with Crippen LogP contribution in [0.25, 0.3) is 0 Å². The van der Waals surface area contributed by atoms with Crippen LogP contribution < -0.4 is 0 Å². The molecule has 0 unspecified atom stereocenters. The molecule has 0 aliphatic heterocycles. The van der Waals surface area contributed by atoms with E-state index >= 15 is 0 Å². The van der Waals surface area contributed by atoms with E-state index in [1.54, 1.807) is 0 Å². The minimum absolute atomic E-state index is 0. The summed E-state index contributed by atoms with van der Waals surface area (Å²) in [4.78, 5) is 0. The van der Waals surface area contributed by atoms with Crippen molar-refractivity contribution in [1.29, 1.82) is 0 Å². The molecule has 1 nitrogen and oxygen atoms in total. The standard InChI is InChI=1S/C14H12Cl2O.Na/c15-13-5-1-11(2-6-13)9-17-10-12-3-7-14(16)8-4-12;/h1-8H,9-10H2;. The van der Waals surface area contributed by atoms with E-state index in [9.17, 15) is 0 Å². The second-order valence-electron chi connectivity index (χ2n) is 3.75. The Morgan fingerprint density at radius 3 is 1.33 bits per heavy atom. The predicted molar refractivity (Wildman–Crippen MR) is 77.2 cm³/mol. The van der Waals surface area contributed by atoms with Crippen molar-refractivity contribution in [2.75, 3.05) is 0 Å². The molecule has 0 bridgehead atoms. The van der Waals surface area contributed by atoms with E-state index in [-0.39, 0.29) is 29.6 Å². The Bertz CT molecular complexity index is 423. The van der Waals surface area contributed by atoms with E-state index in [0.29, 0.717) is 13.2 Å². The Morgan fingerprint density at radius 1 is 0.667 bits per heavy atom.